The average Bonchev–Trinajstić information content (AvgIpc) is 3.69. The number of aliphatic hydroxyl groups excluding tert-OH is 4. The number of aromatic amines is 1. The van der Waals surface area contributed by atoms with Crippen LogP contribution in [0.1, 0.15) is 53.0 Å². The number of ether oxygens (including phenoxy) is 3. The van der Waals surface area contributed by atoms with Gasteiger partial charge >= 0.3 is 5.97 Å². The number of benzene rings is 3. The number of carbonyl (C=O) groups is 3. The van der Waals surface area contributed by atoms with Crippen molar-refractivity contribution in [2.24, 2.45) is 29.4 Å². The van der Waals surface area contributed by atoms with E-state index in [-0.39, 0.29) is 35.6 Å². The number of nitrogens with zero attached hydrogens (tertiary/aromatic N) is 2. The first kappa shape index (κ1) is 39.2. The predicted molar refractivity (Wildman–Crippen MR) is 205 cm³/mol. The number of hydrogen-bond donors (Lipinski definition) is 7. The summed E-state index contributed by atoms with van der Waals surface area (Å²) in [6, 6.07) is 17.4. The molecule has 2 amide bonds. The summed E-state index contributed by atoms with van der Waals surface area (Å²) in [5, 5.41) is 52.8. The Labute approximate surface area is 323 Å². The van der Waals surface area contributed by atoms with E-state index in [9.17, 15) is 30.0 Å². The van der Waals surface area contributed by atoms with Crippen molar-refractivity contribution < 1.29 is 49.0 Å². The monoisotopic (exact) mass is 771 g/mol. The number of fused-ring (bicyclic) bond motifs is 1. The van der Waals surface area contributed by atoms with Crippen LogP contribution in [0.4, 0.5) is 5.69 Å². The SMILES string of the molecule is CNC[C@H](OC(=O)C1C2CC3CC(C2)CC1(N(C(=O)c1cc(-c2c(OC)cccc2OC)n[nH]1)c1ccc(C(N)=O)c2ccccc12)C3)[C@@H](O)[C@H](O)[C@H](O)CO. The van der Waals surface area contributed by atoms with Crippen molar-refractivity contribution in [3.63, 3.8) is 0 Å². The summed E-state index contributed by atoms with van der Waals surface area (Å²) in [5.74, 6) is -1.41. The van der Waals surface area contributed by atoms with Crippen LogP contribution >= 0.6 is 0 Å². The number of methoxy groups -OCH3 is 2. The third kappa shape index (κ3) is 6.77. The Balaban J connectivity index is 1.39. The Kier molecular flexibility index (Phi) is 11.1. The van der Waals surface area contributed by atoms with E-state index in [1.807, 2.05) is 12.1 Å². The minimum absolute atomic E-state index is 0.0665. The van der Waals surface area contributed by atoms with Gasteiger partial charge in [0, 0.05) is 17.5 Å². The topological polar surface area (TPSA) is 230 Å². The molecule has 8 rings (SSSR count). The smallest absolute Gasteiger partial charge is 0.312 e. The van der Waals surface area contributed by atoms with Crippen molar-refractivity contribution in [1.82, 2.24) is 15.5 Å². The molecule has 298 valence electrons. The molecule has 4 aliphatic carbocycles. The molecule has 15 nitrogen and oxygen atoms in total. The van der Waals surface area contributed by atoms with Gasteiger partial charge in [0.2, 0.25) is 5.91 Å². The minimum atomic E-state index is -1.80. The van der Waals surface area contributed by atoms with E-state index in [4.69, 9.17) is 19.9 Å². The van der Waals surface area contributed by atoms with Crippen LogP contribution < -0.4 is 25.4 Å². The first-order valence-corrected chi connectivity index (χ1v) is 18.9. The number of hydrogen-bond acceptors (Lipinski definition) is 12. The molecule has 0 aliphatic heterocycles. The molecule has 4 bridgehead atoms. The minimum Gasteiger partial charge on any atom is -0.496 e. The first-order valence-electron chi connectivity index (χ1n) is 18.9. The summed E-state index contributed by atoms with van der Waals surface area (Å²) >= 11 is 0. The fraction of sp³-hybridized carbons (Fsp3) is 0.463. The Bertz CT molecular complexity index is 2070. The number of nitrogens with one attached hydrogen (secondary N) is 2. The van der Waals surface area contributed by atoms with Crippen LogP contribution in [-0.2, 0) is 9.53 Å². The van der Waals surface area contributed by atoms with Gasteiger partial charge in [-0.3, -0.25) is 24.4 Å². The maximum atomic E-state index is 15.5. The Hall–Kier alpha value is -5.06. The molecule has 1 heterocycles. The third-order valence-corrected chi connectivity index (χ3v) is 12.1. The van der Waals surface area contributed by atoms with Crippen molar-refractivity contribution in [3.05, 3.63) is 71.9 Å². The second-order valence-electron chi connectivity index (χ2n) is 15.3. The molecule has 4 aromatic rings. The summed E-state index contributed by atoms with van der Waals surface area (Å²) in [6.45, 7) is -0.878. The highest BCUT2D eigenvalue weighted by Gasteiger charge is 2.64. The lowest BCUT2D eigenvalue weighted by atomic mass is 9.47. The molecular formula is C41H49N5O10. The molecule has 4 saturated carbocycles. The van der Waals surface area contributed by atoms with Gasteiger partial charge < -0.3 is 45.7 Å². The number of primary amides is 1. The normalized spacial score (nSPS) is 24.6. The third-order valence-electron chi connectivity index (χ3n) is 12.1. The van der Waals surface area contributed by atoms with Gasteiger partial charge in [0.05, 0.1) is 43.5 Å². The number of rotatable bonds is 15. The van der Waals surface area contributed by atoms with E-state index < -0.39 is 60.3 Å². The molecular weight excluding hydrogens is 722 g/mol. The average molecular weight is 772 g/mol. The van der Waals surface area contributed by atoms with Gasteiger partial charge in [-0.25, -0.2) is 0 Å². The van der Waals surface area contributed by atoms with E-state index in [2.05, 4.69) is 15.5 Å². The predicted octanol–water partition coefficient (Wildman–Crippen LogP) is 2.39. The standard InChI is InChI=1S/C41H49N5O10/c1-43-19-33(37(50)36(49)30(48)20-47)56-40(53)35-23-14-21-13-22(15-23)18-41(35,17-21)46(29-12-11-26(38(42)51)24-7-4-5-8-25(24)29)39(52)28-16-27(44-45-28)34-31(54-2)9-6-10-32(34)55-3/h4-12,16,21-23,30,33,35-37,43,47-50H,13-15,17-20H2,1-3H3,(H2,42,51)(H,44,45)/t21?,22?,23?,30-,33+,35?,36-,37-,41?/m1/s1. The van der Waals surface area contributed by atoms with E-state index in [0.717, 1.165) is 19.3 Å². The number of nitrogens with two attached hydrogens (primary N) is 1. The van der Waals surface area contributed by atoms with Crippen LogP contribution in [0.15, 0.2) is 60.7 Å². The highest BCUT2D eigenvalue weighted by atomic mass is 16.6. The summed E-state index contributed by atoms with van der Waals surface area (Å²) in [5.41, 5.74) is 6.50. The molecule has 0 radical (unpaired) electrons. The lowest BCUT2D eigenvalue weighted by molar-refractivity contribution is -0.182. The number of likely N-dealkylation sites (N-methyl/N-ethyl adjacent to an activating group) is 1. The number of anilines is 1. The zero-order chi connectivity index (χ0) is 39.9. The molecule has 56 heavy (non-hydrogen) atoms. The van der Waals surface area contributed by atoms with E-state index in [1.165, 1.54) is 14.2 Å². The van der Waals surface area contributed by atoms with Crippen LogP contribution in [0, 0.1) is 23.7 Å². The molecule has 3 aromatic carbocycles. The van der Waals surface area contributed by atoms with Gasteiger partial charge in [0.15, 0.2) is 0 Å². The molecule has 15 heteroatoms. The van der Waals surface area contributed by atoms with E-state index >= 15 is 4.79 Å². The van der Waals surface area contributed by atoms with Crippen molar-refractivity contribution in [1.29, 1.82) is 0 Å². The fourth-order valence-corrected chi connectivity index (χ4v) is 9.97. The summed E-state index contributed by atoms with van der Waals surface area (Å²) in [4.78, 5) is 44.7. The molecule has 4 fully saturated rings. The Morgan fingerprint density at radius 1 is 0.946 bits per heavy atom. The zero-order valence-corrected chi connectivity index (χ0v) is 31.6. The number of carbonyl (C=O) groups excluding carboxylic acids is 3. The molecule has 7 atom stereocenters. The molecule has 4 aliphatic rings. The van der Waals surface area contributed by atoms with Crippen molar-refractivity contribution in [2.45, 2.75) is 62.1 Å². The van der Waals surface area contributed by atoms with Crippen molar-refractivity contribution in [3.8, 4) is 22.8 Å². The highest BCUT2D eigenvalue weighted by Crippen LogP contribution is 2.62. The summed E-state index contributed by atoms with van der Waals surface area (Å²) in [7, 11) is 4.65. The Morgan fingerprint density at radius 3 is 2.21 bits per heavy atom. The molecule has 0 spiro atoms. The second-order valence-corrected chi connectivity index (χ2v) is 15.3. The summed E-state index contributed by atoms with van der Waals surface area (Å²) < 4.78 is 17.4. The van der Waals surface area contributed by atoms with Crippen LogP contribution in [0.5, 0.6) is 11.5 Å². The Morgan fingerprint density at radius 2 is 1.61 bits per heavy atom. The first-order chi connectivity index (χ1) is 27.0. The highest BCUT2D eigenvalue weighted by molar-refractivity contribution is 6.15. The van der Waals surface area contributed by atoms with Gasteiger partial charge in [-0.2, -0.15) is 5.10 Å². The molecule has 1 aromatic heterocycles. The maximum absolute atomic E-state index is 15.5. The van der Waals surface area contributed by atoms with Crippen molar-refractivity contribution in [2.75, 3.05) is 39.3 Å². The maximum Gasteiger partial charge on any atom is 0.312 e. The molecule has 8 N–H and O–H groups in total. The van der Waals surface area contributed by atoms with Gasteiger partial charge in [0.25, 0.3) is 5.91 Å². The largest absolute Gasteiger partial charge is 0.496 e. The van der Waals surface area contributed by atoms with Gasteiger partial charge in [-0.15, -0.1) is 0 Å². The molecule has 3 unspecified atom stereocenters. The molecule has 0 saturated heterocycles. The summed E-state index contributed by atoms with van der Waals surface area (Å²) in [6.07, 6.45) is -3.12. The van der Waals surface area contributed by atoms with Gasteiger partial charge in [0.1, 0.15) is 47.3 Å². The second kappa shape index (κ2) is 15.8. The van der Waals surface area contributed by atoms with Crippen LogP contribution in [-0.4, -0.2) is 113 Å². The number of aliphatic hydroxyl groups is 4. The lowest BCUT2D eigenvalue weighted by Crippen LogP contribution is -2.69. The zero-order valence-electron chi connectivity index (χ0n) is 31.6. The number of esters is 1. The van der Waals surface area contributed by atoms with E-state index in [1.54, 1.807) is 60.5 Å². The fourth-order valence-electron chi connectivity index (χ4n) is 9.97. The van der Waals surface area contributed by atoms with Crippen LogP contribution in [0.25, 0.3) is 22.0 Å². The van der Waals surface area contributed by atoms with Crippen LogP contribution in [0.3, 0.4) is 0 Å². The van der Waals surface area contributed by atoms with Crippen LogP contribution in [0.2, 0.25) is 0 Å². The van der Waals surface area contributed by atoms with E-state index in [0.29, 0.717) is 52.1 Å². The van der Waals surface area contributed by atoms with Crippen molar-refractivity contribution >= 4 is 34.2 Å². The quantitative estimate of drug-likeness (QED) is 0.0865. The van der Waals surface area contributed by atoms with Gasteiger partial charge in [-0.1, -0.05) is 30.3 Å². The number of amides is 2. The van der Waals surface area contributed by atoms with Gasteiger partial charge in [-0.05, 0) is 92.6 Å². The lowest BCUT2D eigenvalue weighted by Gasteiger charge is -2.63. The number of aromatic nitrogens is 2. The number of H-pyrrole nitrogens is 1.